The average Bonchev–Trinajstić information content (AvgIpc) is 2.57. The van der Waals surface area contributed by atoms with Crippen LogP contribution in [0, 0.1) is 13.8 Å². The lowest BCUT2D eigenvalue weighted by molar-refractivity contribution is 0.168. The van der Waals surface area contributed by atoms with Crippen molar-refractivity contribution >= 4 is 27.5 Å². The van der Waals surface area contributed by atoms with Crippen molar-refractivity contribution in [3.63, 3.8) is 0 Å². The van der Waals surface area contributed by atoms with Crippen LogP contribution in [0.4, 0.5) is 16.2 Å². The van der Waals surface area contributed by atoms with E-state index in [9.17, 15) is 13.2 Å². The smallest absolute Gasteiger partial charge is 0.411 e. The van der Waals surface area contributed by atoms with Gasteiger partial charge in [0.2, 0.25) is 0 Å². The Morgan fingerprint density at radius 1 is 1.08 bits per heavy atom. The number of carbonyl (C=O) groups is 1. The first kappa shape index (κ1) is 18.8. The highest BCUT2D eigenvalue weighted by molar-refractivity contribution is 7.92. The molecule has 1 N–H and O–H groups in total. The number of aryl methyl sites for hydroxylation is 2. The highest BCUT2D eigenvalue weighted by Gasteiger charge is 2.21. The molecule has 0 fully saturated rings. The largest absolute Gasteiger partial charge is 0.450 e. The number of nitrogens with zero attached hydrogens (tertiary/aromatic N) is 1. The summed E-state index contributed by atoms with van der Waals surface area (Å²) in [6.45, 7) is 5.88. The van der Waals surface area contributed by atoms with Crippen LogP contribution in [0.1, 0.15) is 18.1 Å². The van der Waals surface area contributed by atoms with Crippen LogP contribution in [0.5, 0.6) is 0 Å². The molecule has 0 unspecified atom stereocenters. The summed E-state index contributed by atoms with van der Waals surface area (Å²) >= 11 is 0. The quantitative estimate of drug-likeness (QED) is 0.880. The number of benzene rings is 2. The molecule has 0 bridgehead atoms. The first-order valence-corrected chi connectivity index (χ1v) is 9.29. The molecule has 6 nitrogen and oxygen atoms in total. The number of anilines is 2. The van der Waals surface area contributed by atoms with Gasteiger partial charge < -0.3 is 4.74 Å². The van der Waals surface area contributed by atoms with E-state index in [0.29, 0.717) is 11.4 Å². The Morgan fingerprint density at radius 3 is 2.28 bits per heavy atom. The number of hydrogen-bond donors (Lipinski definition) is 1. The van der Waals surface area contributed by atoms with Crippen molar-refractivity contribution in [2.24, 2.45) is 0 Å². The molecule has 2 aromatic rings. The van der Waals surface area contributed by atoms with Crippen LogP contribution < -0.4 is 9.62 Å². The van der Waals surface area contributed by atoms with Gasteiger partial charge in [-0.05, 0) is 68.3 Å². The maximum Gasteiger partial charge on any atom is 0.411 e. The van der Waals surface area contributed by atoms with Crippen molar-refractivity contribution < 1.29 is 17.9 Å². The zero-order chi connectivity index (χ0) is 18.6. The Kier molecular flexibility index (Phi) is 5.69. The Labute approximate surface area is 148 Å². The average molecular weight is 362 g/mol. The van der Waals surface area contributed by atoms with Crippen molar-refractivity contribution in [1.82, 2.24) is 0 Å². The van der Waals surface area contributed by atoms with Gasteiger partial charge in [-0.15, -0.1) is 0 Å². The standard InChI is InChI=1S/C18H22N2O4S/c1-5-24-18(21)19-15-7-10-17(11-8-15)25(22,23)20(4)16-9-6-13(2)14(3)12-16/h6-12H,5H2,1-4H3,(H,19,21). The van der Waals surface area contributed by atoms with Crippen LogP contribution in [0.3, 0.4) is 0 Å². The molecule has 0 saturated carbocycles. The highest BCUT2D eigenvalue weighted by atomic mass is 32.2. The van der Waals surface area contributed by atoms with Crippen molar-refractivity contribution in [3.8, 4) is 0 Å². The van der Waals surface area contributed by atoms with Crippen molar-refractivity contribution in [2.45, 2.75) is 25.7 Å². The predicted octanol–water partition coefficient (Wildman–Crippen LogP) is 3.70. The van der Waals surface area contributed by atoms with E-state index in [2.05, 4.69) is 5.32 Å². The van der Waals surface area contributed by atoms with Crippen molar-refractivity contribution in [3.05, 3.63) is 53.6 Å². The van der Waals surface area contributed by atoms with E-state index in [-0.39, 0.29) is 11.5 Å². The number of ether oxygens (including phenoxy) is 1. The predicted molar refractivity (Wildman–Crippen MR) is 98.6 cm³/mol. The van der Waals surface area contributed by atoms with Gasteiger partial charge in [-0.25, -0.2) is 13.2 Å². The molecule has 2 aromatic carbocycles. The van der Waals surface area contributed by atoms with Crippen LogP contribution in [-0.4, -0.2) is 28.2 Å². The Balaban J connectivity index is 2.23. The number of amides is 1. The van der Waals surface area contributed by atoms with Crippen LogP contribution in [0.2, 0.25) is 0 Å². The maximum absolute atomic E-state index is 12.8. The molecule has 0 spiro atoms. The maximum atomic E-state index is 12.8. The van der Waals surface area contributed by atoms with Gasteiger partial charge in [0.15, 0.2) is 0 Å². The SMILES string of the molecule is CCOC(=O)Nc1ccc(S(=O)(=O)N(C)c2ccc(C)c(C)c2)cc1. The molecule has 0 heterocycles. The zero-order valence-electron chi connectivity index (χ0n) is 14.7. The van der Waals surface area contributed by atoms with E-state index in [1.807, 2.05) is 26.0 Å². The molecule has 0 aliphatic rings. The van der Waals surface area contributed by atoms with Crippen LogP contribution in [0.15, 0.2) is 47.4 Å². The van der Waals surface area contributed by atoms with E-state index < -0.39 is 16.1 Å². The topological polar surface area (TPSA) is 75.7 Å². The molecular formula is C18H22N2O4S. The summed E-state index contributed by atoms with van der Waals surface area (Å²) in [5.74, 6) is 0. The van der Waals surface area contributed by atoms with Crippen LogP contribution in [0.25, 0.3) is 0 Å². The molecule has 134 valence electrons. The number of nitrogens with one attached hydrogen (secondary N) is 1. The first-order valence-electron chi connectivity index (χ1n) is 7.85. The van der Waals surface area contributed by atoms with Gasteiger partial charge in [-0.2, -0.15) is 0 Å². The van der Waals surface area contributed by atoms with E-state index >= 15 is 0 Å². The number of sulfonamides is 1. The van der Waals surface area contributed by atoms with Crippen LogP contribution in [-0.2, 0) is 14.8 Å². The van der Waals surface area contributed by atoms with E-state index in [1.165, 1.54) is 35.6 Å². The molecule has 2 rings (SSSR count). The fourth-order valence-electron chi connectivity index (χ4n) is 2.21. The summed E-state index contributed by atoms with van der Waals surface area (Å²) in [6.07, 6.45) is -0.578. The molecule has 0 aromatic heterocycles. The molecule has 0 atom stereocenters. The molecule has 0 aliphatic carbocycles. The van der Waals surface area contributed by atoms with Gasteiger partial charge >= 0.3 is 6.09 Å². The normalized spacial score (nSPS) is 11.0. The summed E-state index contributed by atoms with van der Waals surface area (Å²) in [5.41, 5.74) is 3.18. The number of carbonyl (C=O) groups excluding carboxylic acids is 1. The van der Waals surface area contributed by atoms with Crippen molar-refractivity contribution in [2.75, 3.05) is 23.3 Å². The van der Waals surface area contributed by atoms with Crippen molar-refractivity contribution in [1.29, 1.82) is 0 Å². The zero-order valence-corrected chi connectivity index (χ0v) is 15.6. The van der Waals surface area contributed by atoms with Gasteiger partial charge in [0.25, 0.3) is 10.0 Å². The third kappa shape index (κ3) is 4.30. The summed E-state index contributed by atoms with van der Waals surface area (Å²) < 4.78 is 31.6. The summed E-state index contributed by atoms with van der Waals surface area (Å²) in [4.78, 5) is 11.5. The van der Waals surface area contributed by atoms with Gasteiger partial charge in [-0.3, -0.25) is 9.62 Å². The molecule has 25 heavy (non-hydrogen) atoms. The third-order valence-electron chi connectivity index (χ3n) is 3.89. The minimum absolute atomic E-state index is 0.141. The fraction of sp³-hybridized carbons (Fsp3) is 0.278. The molecule has 7 heteroatoms. The van der Waals surface area contributed by atoms with E-state index in [4.69, 9.17) is 4.74 Å². The lowest BCUT2D eigenvalue weighted by Gasteiger charge is -2.20. The van der Waals surface area contributed by atoms with Crippen LogP contribution >= 0.6 is 0 Å². The van der Waals surface area contributed by atoms with Gasteiger partial charge in [0, 0.05) is 12.7 Å². The molecule has 0 aliphatic heterocycles. The molecule has 0 saturated heterocycles. The Hall–Kier alpha value is -2.54. The molecular weight excluding hydrogens is 340 g/mol. The minimum Gasteiger partial charge on any atom is -0.450 e. The molecule has 1 amide bonds. The third-order valence-corrected chi connectivity index (χ3v) is 5.69. The second kappa shape index (κ2) is 7.57. The van der Waals surface area contributed by atoms with E-state index in [1.54, 1.807) is 13.0 Å². The summed E-state index contributed by atoms with van der Waals surface area (Å²) in [7, 11) is -2.17. The highest BCUT2D eigenvalue weighted by Crippen LogP contribution is 2.25. The second-order valence-corrected chi connectivity index (χ2v) is 7.58. The Morgan fingerprint density at radius 2 is 1.72 bits per heavy atom. The number of rotatable bonds is 5. The lowest BCUT2D eigenvalue weighted by atomic mass is 10.1. The van der Waals surface area contributed by atoms with E-state index in [0.717, 1.165) is 11.1 Å². The minimum atomic E-state index is -3.69. The Bertz CT molecular complexity index is 861. The van der Waals surface area contributed by atoms with Gasteiger partial charge in [0.1, 0.15) is 0 Å². The fourth-order valence-corrected chi connectivity index (χ4v) is 3.40. The summed E-state index contributed by atoms with van der Waals surface area (Å²) in [6, 6.07) is 11.5. The lowest BCUT2D eigenvalue weighted by Crippen LogP contribution is -2.26. The monoisotopic (exact) mass is 362 g/mol. The number of hydrogen-bond acceptors (Lipinski definition) is 4. The summed E-state index contributed by atoms with van der Waals surface area (Å²) in [5, 5.41) is 2.53. The van der Waals surface area contributed by atoms with Gasteiger partial charge in [-0.1, -0.05) is 6.07 Å². The van der Waals surface area contributed by atoms with Gasteiger partial charge in [0.05, 0.1) is 17.2 Å². The molecule has 0 radical (unpaired) electrons. The second-order valence-electron chi connectivity index (χ2n) is 5.61. The first-order chi connectivity index (χ1) is 11.8.